The van der Waals surface area contributed by atoms with Crippen LogP contribution in [0.15, 0.2) is 36.7 Å². The number of carbonyl (C=O) groups is 2. The summed E-state index contributed by atoms with van der Waals surface area (Å²) in [6.07, 6.45) is 4.79. The van der Waals surface area contributed by atoms with Crippen molar-refractivity contribution >= 4 is 34.1 Å². The molecule has 4 aromatic rings. The summed E-state index contributed by atoms with van der Waals surface area (Å²) in [7, 11) is 1.40. The van der Waals surface area contributed by atoms with Crippen molar-refractivity contribution in [2.45, 2.75) is 44.1 Å². The van der Waals surface area contributed by atoms with Crippen LogP contribution in [0.5, 0.6) is 0 Å². The van der Waals surface area contributed by atoms with Gasteiger partial charge in [-0.15, -0.1) is 0 Å². The van der Waals surface area contributed by atoms with Gasteiger partial charge in [0.1, 0.15) is 11.6 Å². The fourth-order valence-corrected chi connectivity index (χ4v) is 5.01. The Bertz CT molecular complexity index is 1490. The Morgan fingerprint density at radius 1 is 1.23 bits per heavy atom. The van der Waals surface area contributed by atoms with Gasteiger partial charge in [-0.3, -0.25) is 9.78 Å². The monoisotopic (exact) mass is 477 g/mol. The molecule has 0 spiro atoms. The Morgan fingerprint density at radius 3 is 2.63 bits per heavy atom. The van der Waals surface area contributed by atoms with Crippen LogP contribution in [-0.2, 0) is 9.53 Å². The summed E-state index contributed by atoms with van der Waals surface area (Å²) < 4.78 is 20.5. The van der Waals surface area contributed by atoms with Crippen molar-refractivity contribution in [2.24, 2.45) is 0 Å². The number of aromatic nitrogens is 4. The molecule has 5 rings (SSSR count). The topological polar surface area (TPSA) is 133 Å². The summed E-state index contributed by atoms with van der Waals surface area (Å²) in [5.41, 5.74) is 8.41. The molecule has 0 radical (unpaired) electrons. The van der Waals surface area contributed by atoms with Crippen LogP contribution in [0.3, 0.4) is 0 Å². The van der Waals surface area contributed by atoms with Crippen LogP contribution >= 0.6 is 0 Å². The SMILES string of the molecule is COC1(C(=O)O)CCC(c2nc3c(-c4cnc5ccc(F)cc5c4)cnn3c(N)c2C(C)=O)CC1. The Balaban J connectivity index is 1.63. The van der Waals surface area contributed by atoms with Gasteiger partial charge in [-0.1, -0.05) is 0 Å². The third kappa shape index (κ3) is 3.70. The van der Waals surface area contributed by atoms with Crippen LogP contribution in [0.1, 0.15) is 54.6 Å². The number of rotatable bonds is 5. The first-order valence-electron chi connectivity index (χ1n) is 11.3. The zero-order chi connectivity index (χ0) is 24.9. The Kier molecular flexibility index (Phi) is 5.47. The Labute approximate surface area is 199 Å². The maximum Gasteiger partial charge on any atom is 0.335 e. The summed E-state index contributed by atoms with van der Waals surface area (Å²) in [6.45, 7) is 1.43. The van der Waals surface area contributed by atoms with Gasteiger partial charge in [0.2, 0.25) is 0 Å². The number of fused-ring (bicyclic) bond motifs is 2. The van der Waals surface area contributed by atoms with Crippen LogP contribution < -0.4 is 5.73 Å². The van der Waals surface area contributed by atoms with Crippen molar-refractivity contribution in [3.05, 3.63) is 53.7 Å². The van der Waals surface area contributed by atoms with E-state index in [9.17, 15) is 19.1 Å². The number of ketones is 1. The molecule has 0 aliphatic heterocycles. The molecule has 9 nitrogen and oxygen atoms in total. The highest BCUT2D eigenvalue weighted by Crippen LogP contribution is 2.42. The molecule has 1 aliphatic rings. The highest BCUT2D eigenvalue weighted by Gasteiger charge is 2.43. The van der Waals surface area contributed by atoms with Gasteiger partial charge in [-0.25, -0.2) is 14.2 Å². The highest BCUT2D eigenvalue weighted by atomic mass is 19.1. The minimum absolute atomic E-state index is 0.171. The lowest BCUT2D eigenvalue weighted by Crippen LogP contribution is -2.43. The molecule has 1 aliphatic carbocycles. The van der Waals surface area contributed by atoms with E-state index in [1.165, 1.54) is 30.7 Å². The molecular formula is C25H24FN5O4. The number of carboxylic acids is 1. The van der Waals surface area contributed by atoms with Crippen molar-refractivity contribution in [2.75, 3.05) is 12.8 Å². The fourth-order valence-electron chi connectivity index (χ4n) is 5.01. The molecule has 3 aromatic heterocycles. The second-order valence-corrected chi connectivity index (χ2v) is 8.95. The van der Waals surface area contributed by atoms with Gasteiger partial charge in [0.05, 0.1) is 23.0 Å². The summed E-state index contributed by atoms with van der Waals surface area (Å²) in [5.74, 6) is -1.60. The van der Waals surface area contributed by atoms with Gasteiger partial charge in [-0.05, 0) is 56.9 Å². The smallest absolute Gasteiger partial charge is 0.335 e. The molecule has 1 saturated carbocycles. The highest BCUT2D eigenvalue weighted by molar-refractivity contribution is 6.00. The van der Waals surface area contributed by atoms with Crippen molar-refractivity contribution in [3.8, 4) is 11.1 Å². The van der Waals surface area contributed by atoms with E-state index in [4.69, 9.17) is 15.5 Å². The number of anilines is 1. The number of benzene rings is 1. The van der Waals surface area contributed by atoms with E-state index in [2.05, 4.69) is 10.1 Å². The average Bonchev–Trinajstić information content (AvgIpc) is 3.27. The zero-order valence-electron chi connectivity index (χ0n) is 19.3. The minimum Gasteiger partial charge on any atom is -0.479 e. The molecule has 0 amide bonds. The molecule has 1 fully saturated rings. The van der Waals surface area contributed by atoms with E-state index in [1.807, 2.05) is 0 Å². The lowest BCUT2D eigenvalue weighted by molar-refractivity contribution is -0.166. The van der Waals surface area contributed by atoms with E-state index in [1.54, 1.807) is 24.5 Å². The lowest BCUT2D eigenvalue weighted by Gasteiger charge is -2.35. The number of nitrogen functional groups attached to an aromatic ring is 1. The van der Waals surface area contributed by atoms with Gasteiger partial charge >= 0.3 is 5.97 Å². The first-order chi connectivity index (χ1) is 16.7. The molecule has 0 bridgehead atoms. The van der Waals surface area contributed by atoms with E-state index >= 15 is 0 Å². The van der Waals surface area contributed by atoms with E-state index in [-0.39, 0.29) is 28.9 Å². The first-order valence-corrected chi connectivity index (χ1v) is 11.3. The maximum atomic E-state index is 13.8. The Morgan fingerprint density at radius 2 is 1.97 bits per heavy atom. The number of aliphatic carboxylic acids is 1. The molecule has 3 N–H and O–H groups in total. The third-order valence-corrected chi connectivity index (χ3v) is 6.98. The second kappa shape index (κ2) is 8.38. The maximum absolute atomic E-state index is 13.8. The average molecular weight is 477 g/mol. The first kappa shape index (κ1) is 22.9. The third-order valence-electron chi connectivity index (χ3n) is 6.98. The molecule has 180 valence electrons. The van der Waals surface area contributed by atoms with Crippen LogP contribution in [0, 0.1) is 5.82 Å². The number of nitrogens with zero attached hydrogens (tertiary/aromatic N) is 4. The molecule has 0 atom stereocenters. The number of nitrogens with two attached hydrogens (primary N) is 1. The molecular weight excluding hydrogens is 453 g/mol. The van der Waals surface area contributed by atoms with Crippen molar-refractivity contribution in [3.63, 3.8) is 0 Å². The van der Waals surface area contributed by atoms with Gasteiger partial charge in [0.15, 0.2) is 17.0 Å². The standard InChI is InChI=1S/C25H24FN5O4/c1-13(32)20-21(14-5-7-25(35-2,8-6-14)24(33)34)30-23-18(12-29-31(23)22(20)27)16-9-15-10-17(26)3-4-19(15)28-11-16/h3-4,9-12,14H,5-8,27H2,1-2H3,(H,33,34). The minimum atomic E-state index is -1.24. The van der Waals surface area contributed by atoms with Gasteiger partial charge < -0.3 is 15.6 Å². The number of hydrogen-bond donors (Lipinski definition) is 2. The van der Waals surface area contributed by atoms with E-state index in [0.717, 1.165) is 0 Å². The number of pyridine rings is 1. The number of Topliss-reactive ketones (excluding diaryl/α,β-unsaturated/α-hetero) is 1. The van der Waals surface area contributed by atoms with Gasteiger partial charge in [0.25, 0.3) is 0 Å². The van der Waals surface area contributed by atoms with Gasteiger partial charge in [-0.2, -0.15) is 9.61 Å². The van der Waals surface area contributed by atoms with Gasteiger partial charge in [0, 0.05) is 35.7 Å². The van der Waals surface area contributed by atoms with Crippen LogP contribution in [0.4, 0.5) is 10.2 Å². The van der Waals surface area contributed by atoms with Crippen LogP contribution in [0.25, 0.3) is 27.7 Å². The number of carbonyl (C=O) groups excluding carboxylic acids is 1. The number of carboxylic acid groups (broad SMARTS) is 1. The molecule has 0 saturated heterocycles. The second-order valence-electron chi connectivity index (χ2n) is 8.95. The van der Waals surface area contributed by atoms with E-state index < -0.39 is 11.6 Å². The summed E-state index contributed by atoms with van der Waals surface area (Å²) >= 11 is 0. The summed E-state index contributed by atoms with van der Waals surface area (Å²) in [4.78, 5) is 33.6. The van der Waals surface area contributed by atoms with Crippen LogP contribution in [-0.4, -0.2) is 49.2 Å². The molecule has 1 aromatic carbocycles. The number of halogens is 1. The summed E-state index contributed by atoms with van der Waals surface area (Å²) in [6, 6.07) is 6.18. The molecule has 10 heteroatoms. The largest absolute Gasteiger partial charge is 0.479 e. The van der Waals surface area contributed by atoms with Crippen molar-refractivity contribution in [1.82, 2.24) is 19.6 Å². The predicted molar refractivity (Wildman–Crippen MR) is 127 cm³/mol. The van der Waals surface area contributed by atoms with Crippen LogP contribution in [0.2, 0.25) is 0 Å². The molecule has 0 unspecified atom stereocenters. The lowest BCUT2D eigenvalue weighted by atomic mass is 9.76. The van der Waals surface area contributed by atoms with Crippen molar-refractivity contribution < 1.29 is 23.8 Å². The zero-order valence-corrected chi connectivity index (χ0v) is 19.3. The fraction of sp³-hybridized carbons (Fsp3) is 0.320. The van der Waals surface area contributed by atoms with Crippen molar-refractivity contribution in [1.29, 1.82) is 0 Å². The predicted octanol–water partition coefficient (Wildman–Crippen LogP) is 4.00. The number of methoxy groups -OCH3 is 1. The molecule has 3 heterocycles. The van der Waals surface area contributed by atoms with E-state index in [0.29, 0.717) is 59.1 Å². The quantitative estimate of drug-likeness (QED) is 0.412. The Hall–Kier alpha value is -3.92. The number of hydrogen-bond acceptors (Lipinski definition) is 7. The summed E-state index contributed by atoms with van der Waals surface area (Å²) in [5, 5.41) is 14.6. The normalized spacial score (nSPS) is 20.4. The molecule has 35 heavy (non-hydrogen) atoms. The number of ether oxygens (including phenoxy) is 1.